The number of esters is 1. The minimum Gasteiger partial charge on any atom is -0.449 e. The maximum Gasteiger partial charge on any atom is 0.344 e. The molecule has 0 saturated heterocycles. The van der Waals surface area contributed by atoms with Gasteiger partial charge in [-0.15, -0.1) is 0 Å². The second kappa shape index (κ2) is 8.76. The Bertz CT molecular complexity index is 1320. The van der Waals surface area contributed by atoms with Crippen molar-refractivity contribution in [2.45, 2.75) is 20.0 Å². The fourth-order valence-corrected chi connectivity index (χ4v) is 3.55. The number of ether oxygens (including phenoxy) is 1. The van der Waals surface area contributed by atoms with E-state index in [9.17, 15) is 14.0 Å². The minimum atomic E-state index is -1.10. The number of carbonyl (C=O) groups is 2. The van der Waals surface area contributed by atoms with Gasteiger partial charge in [0.2, 0.25) is 0 Å². The number of halogens is 2. The summed E-state index contributed by atoms with van der Waals surface area (Å²) in [4.78, 5) is 29.7. The Kier molecular flexibility index (Phi) is 5.87. The molecular weight excluding hydrogens is 435 g/mol. The largest absolute Gasteiger partial charge is 0.449 e. The fraction of sp³-hybridized carbons (Fsp3) is 0.130. The van der Waals surface area contributed by atoms with Crippen molar-refractivity contribution in [1.82, 2.24) is 14.8 Å². The van der Waals surface area contributed by atoms with Gasteiger partial charge in [-0.2, -0.15) is 5.10 Å². The van der Waals surface area contributed by atoms with Gasteiger partial charge in [0.1, 0.15) is 16.5 Å². The van der Waals surface area contributed by atoms with Crippen LogP contribution in [0.5, 0.6) is 0 Å². The summed E-state index contributed by atoms with van der Waals surface area (Å²) in [5.74, 6) is -1.70. The lowest BCUT2D eigenvalue weighted by Crippen LogP contribution is -2.30. The van der Waals surface area contributed by atoms with Crippen molar-refractivity contribution in [2.24, 2.45) is 0 Å². The molecule has 1 N–H and O–H groups in total. The van der Waals surface area contributed by atoms with Crippen molar-refractivity contribution in [3.8, 4) is 5.69 Å². The van der Waals surface area contributed by atoms with Gasteiger partial charge >= 0.3 is 5.97 Å². The van der Waals surface area contributed by atoms with E-state index in [4.69, 9.17) is 16.3 Å². The first kappa shape index (κ1) is 21.5. The van der Waals surface area contributed by atoms with Crippen LogP contribution in [0.3, 0.4) is 0 Å². The number of aromatic nitrogens is 3. The van der Waals surface area contributed by atoms with Crippen molar-refractivity contribution in [3.05, 3.63) is 83.0 Å². The first-order chi connectivity index (χ1) is 15.3. The van der Waals surface area contributed by atoms with Crippen LogP contribution in [-0.4, -0.2) is 32.7 Å². The Balaban J connectivity index is 1.51. The molecule has 1 atom stereocenters. The number of carbonyl (C=O) groups excluding carboxylic acids is 2. The molecule has 0 radical (unpaired) electrons. The number of hydrogen-bond donors (Lipinski definition) is 1. The van der Waals surface area contributed by atoms with E-state index < -0.39 is 23.8 Å². The van der Waals surface area contributed by atoms with Gasteiger partial charge in [-0.05, 0) is 62.4 Å². The lowest BCUT2D eigenvalue weighted by atomic mass is 10.2. The minimum absolute atomic E-state index is 0.00634. The maximum atomic E-state index is 13.2. The predicted molar refractivity (Wildman–Crippen MR) is 119 cm³/mol. The third-order valence-electron chi connectivity index (χ3n) is 4.84. The van der Waals surface area contributed by atoms with E-state index in [1.165, 1.54) is 35.9 Å². The summed E-state index contributed by atoms with van der Waals surface area (Å²) in [5.41, 5.74) is 2.11. The molecule has 0 bridgehead atoms. The molecule has 162 valence electrons. The highest BCUT2D eigenvalue weighted by atomic mass is 35.5. The third kappa shape index (κ3) is 4.17. The van der Waals surface area contributed by atoms with Gasteiger partial charge in [-0.3, -0.25) is 9.78 Å². The molecule has 1 amide bonds. The molecule has 1 unspecified atom stereocenters. The molecule has 4 aromatic rings. The van der Waals surface area contributed by atoms with Crippen molar-refractivity contribution in [2.75, 3.05) is 5.32 Å². The van der Waals surface area contributed by atoms with E-state index in [1.54, 1.807) is 31.3 Å². The van der Waals surface area contributed by atoms with Gasteiger partial charge in [0.15, 0.2) is 6.10 Å². The van der Waals surface area contributed by atoms with Gasteiger partial charge in [0.25, 0.3) is 5.91 Å². The molecule has 0 saturated carbocycles. The number of aryl methyl sites for hydroxylation is 1. The van der Waals surface area contributed by atoms with Crippen LogP contribution in [-0.2, 0) is 9.53 Å². The van der Waals surface area contributed by atoms with E-state index >= 15 is 0 Å². The predicted octanol–water partition coefficient (Wildman–Crippen LogP) is 4.71. The van der Waals surface area contributed by atoms with E-state index in [0.29, 0.717) is 17.1 Å². The molecule has 7 nitrogen and oxygen atoms in total. The van der Waals surface area contributed by atoms with E-state index in [-0.39, 0.29) is 10.7 Å². The van der Waals surface area contributed by atoms with Crippen molar-refractivity contribution >= 4 is 40.1 Å². The van der Waals surface area contributed by atoms with Crippen LogP contribution in [0.2, 0.25) is 5.15 Å². The van der Waals surface area contributed by atoms with Gasteiger partial charge in [-0.25, -0.2) is 13.9 Å². The average molecular weight is 453 g/mol. The van der Waals surface area contributed by atoms with Gasteiger partial charge in [0.05, 0.1) is 22.6 Å². The standard InChI is InChI=1S/C23H18ClFN4O3/c1-13-20(21(24)29(28-13)16-10-8-15(25)9-11-16)23(31)32-14(2)22(30)27-19-7-3-6-18-17(19)5-4-12-26-18/h3-12,14H,1-2H3,(H,27,30). The van der Waals surface area contributed by atoms with Crippen molar-refractivity contribution in [3.63, 3.8) is 0 Å². The molecule has 32 heavy (non-hydrogen) atoms. The fourth-order valence-electron chi connectivity index (χ4n) is 3.20. The van der Waals surface area contributed by atoms with Crippen LogP contribution in [0.1, 0.15) is 23.0 Å². The summed E-state index contributed by atoms with van der Waals surface area (Å²) in [6.45, 7) is 3.06. The molecule has 9 heteroatoms. The highest BCUT2D eigenvalue weighted by Gasteiger charge is 2.26. The number of amides is 1. The van der Waals surface area contributed by atoms with Crippen LogP contribution in [0.25, 0.3) is 16.6 Å². The van der Waals surface area contributed by atoms with Crippen LogP contribution in [0.15, 0.2) is 60.8 Å². The van der Waals surface area contributed by atoms with E-state index in [2.05, 4.69) is 15.4 Å². The number of nitrogens with zero attached hydrogens (tertiary/aromatic N) is 3. The zero-order valence-corrected chi connectivity index (χ0v) is 17.9. The topological polar surface area (TPSA) is 86.1 Å². The Morgan fingerprint density at radius 2 is 1.88 bits per heavy atom. The second-order valence-electron chi connectivity index (χ2n) is 7.05. The highest BCUT2D eigenvalue weighted by Crippen LogP contribution is 2.25. The van der Waals surface area contributed by atoms with Crippen LogP contribution >= 0.6 is 11.6 Å². The zero-order valence-electron chi connectivity index (χ0n) is 17.2. The van der Waals surface area contributed by atoms with Crippen LogP contribution < -0.4 is 5.32 Å². The number of hydrogen-bond acceptors (Lipinski definition) is 5. The molecule has 2 aromatic carbocycles. The lowest BCUT2D eigenvalue weighted by molar-refractivity contribution is -0.123. The van der Waals surface area contributed by atoms with E-state index in [0.717, 1.165) is 10.9 Å². The molecule has 2 heterocycles. The van der Waals surface area contributed by atoms with Crippen molar-refractivity contribution < 1.29 is 18.7 Å². The number of nitrogens with one attached hydrogen (secondary N) is 1. The molecular formula is C23H18ClFN4O3. The first-order valence-electron chi connectivity index (χ1n) is 9.72. The SMILES string of the molecule is Cc1nn(-c2ccc(F)cc2)c(Cl)c1C(=O)OC(C)C(=O)Nc1cccc2ncccc12. The molecule has 0 fully saturated rings. The van der Waals surface area contributed by atoms with Gasteiger partial charge < -0.3 is 10.1 Å². The molecule has 2 aromatic heterocycles. The summed E-state index contributed by atoms with van der Waals surface area (Å²) in [7, 11) is 0. The maximum absolute atomic E-state index is 13.2. The Morgan fingerprint density at radius 3 is 2.62 bits per heavy atom. The normalized spacial score (nSPS) is 11.9. The summed E-state index contributed by atoms with van der Waals surface area (Å²) in [6.07, 6.45) is 0.565. The lowest BCUT2D eigenvalue weighted by Gasteiger charge is -2.14. The molecule has 0 aliphatic carbocycles. The average Bonchev–Trinajstić information content (AvgIpc) is 3.08. The number of benzene rings is 2. The Hall–Kier alpha value is -3.78. The monoisotopic (exact) mass is 452 g/mol. The molecule has 0 spiro atoms. The summed E-state index contributed by atoms with van der Waals surface area (Å²) in [6, 6.07) is 14.4. The number of pyridine rings is 1. The van der Waals surface area contributed by atoms with Crippen LogP contribution in [0.4, 0.5) is 10.1 Å². The molecule has 0 aliphatic heterocycles. The quantitative estimate of drug-likeness (QED) is 0.443. The van der Waals surface area contributed by atoms with Crippen molar-refractivity contribution in [1.29, 1.82) is 0 Å². The van der Waals surface area contributed by atoms with E-state index in [1.807, 2.05) is 12.1 Å². The molecule has 4 rings (SSSR count). The Labute approximate surface area is 187 Å². The summed E-state index contributed by atoms with van der Waals surface area (Å²) < 4.78 is 19.9. The summed E-state index contributed by atoms with van der Waals surface area (Å²) >= 11 is 6.36. The third-order valence-corrected chi connectivity index (χ3v) is 5.19. The Morgan fingerprint density at radius 1 is 1.12 bits per heavy atom. The molecule has 0 aliphatic rings. The van der Waals surface area contributed by atoms with Crippen LogP contribution in [0, 0.1) is 12.7 Å². The smallest absolute Gasteiger partial charge is 0.344 e. The second-order valence-corrected chi connectivity index (χ2v) is 7.41. The summed E-state index contributed by atoms with van der Waals surface area (Å²) in [5, 5.41) is 7.77. The van der Waals surface area contributed by atoms with Gasteiger partial charge in [0, 0.05) is 11.6 Å². The van der Waals surface area contributed by atoms with Gasteiger partial charge in [-0.1, -0.05) is 17.7 Å². The number of anilines is 1. The number of fused-ring (bicyclic) bond motifs is 1. The first-order valence-corrected chi connectivity index (χ1v) is 10.1. The highest BCUT2D eigenvalue weighted by molar-refractivity contribution is 6.33. The zero-order chi connectivity index (χ0) is 22.8. The number of rotatable bonds is 5.